The van der Waals surface area contributed by atoms with Gasteiger partial charge in [-0.3, -0.25) is 9.59 Å². The molecular formula is C21H13ClF2N2O2S. The molecule has 2 amide bonds. The van der Waals surface area contributed by atoms with Gasteiger partial charge in [-0.1, -0.05) is 23.7 Å². The number of rotatable bonds is 4. The van der Waals surface area contributed by atoms with Gasteiger partial charge in [0.1, 0.15) is 17.3 Å². The number of anilines is 2. The summed E-state index contributed by atoms with van der Waals surface area (Å²) >= 11 is 7.34. The van der Waals surface area contributed by atoms with Crippen LogP contribution in [-0.4, -0.2) is 11.8 Å². The summed E-state index contributed by atoms with van der Waals surface area (Å²) in [5.74, 6) is -3.23. The van der Waals surface area contributed by atoms with Gasteiger partial charge in [-0.25, -0.2) is 13.7 Å². The Morgan fingerprint density at radius 2 is 1.83 bits per heavy atom. The highest BCUT2D eigenvalue weighted by Crippen LogP contribution is 2.37. The summed E-state index contributed by atoms with van der Waals surface area (Å²) in [6.07, 6.45) is 0. The summed E-state index contributed by atoms with van der Waals surface area (Å²) in [6, 6.07) is 11.3. The Bertz CT molecular complexity index is 1180. The van der Waals surface area contributed by atoms with Crippen molar-refractivity contribution in [3.63, 3.8) is 0 Å². The molecule has 0 fully saturated rings. The minimum Gasteiger partial charge on any atom is -0.350 e. The van der Waals surface area contributed by atoms with Gasteiger partial charge < -0.3 is 5.32 Å². The van der Waals surface area contributed by atoms with Crippen LogP contribution in [-0.2, 0) is 9.59 Å². The van der Waals surface area contributed by atoms with Crippen LogP contribution in [0.5, 0.6) is 0 Å². The van der Waals surface area contributed by atoms with E-state index in [1.54, 1.807) is 35.7 Å². The molecule has 4 nitrogen and oxygen atoms in total. The topological polar surface area (TPSA) is 49.4 Å². The molecule has 0 radical (unpaired) electrons. The van der Waals surface area contributed by atoms with Crippen LogP contribution in [0.2, 0.25) is 5.02 Å². The lowest BCUT2D eigenvalue weighted by Crippen LogP contribution is -2.33. The molecule has 1 aliphatic heterocycles. The molecule has 2 aromatic carbocycles. The van der Waals surface area contributed by atoms with E-state index in [1.165, 1.54) is 11.3 Å². The number of imide groups is 1. The summed E-state index contributed by atoms with van der Waals surface area (Å²) in [5.41, 5.74) is 1.16. The van der Waals surface area contributed by atoms with Crippen molar-refractivity contribution in [2.45, 2.75) is 6.92 Å². The predicted molar refractivity (Wildman–Crippen MR) is 110 cm³/mol. The number of nitrogens with zero attached hydrogens (tertiary/aromatic N) is 1. The highest BCUT2D eigenvalue weighted by molar-refractivity contribution is 7.11. The first-order valence-electron chi connectivity index (χ1n) is 8.52. The van der Waals surface area contributed by atoms with Crippen molar-refractivity contribution < 1.29 is 18.4 Å². The third-order valence-corrected chi connectivity index (χ3v) is 5.58. The van der Waals surface area contributed by atoms with E-state index in [1.807, 2.05) is 6.92 Å². The largest absolute Gasteiger partial charge is 0.350 e. The zero-order valence-corrected chi connectivity index (χ0v) is 16.6. The first kappa shape index (κ1) is 19.3. The van der Waals surface area contributed by atoms with Crippen LogP contribution < -0.4 is 10.2 Å². The van der Waals surface area contributed by atoms with E-state index in [0.717, 1.165) is 17.7 Å². The minimum atomic E-state index is -1.00. The number of halogens is 3. The van der Waals surface area contributed by atoms with Gasteiger partial charge in [0.2, 0.25) is 0 Å². The predicted octanol–water partition coefficient (Wildman–Crippen LogP) is 5.38. The standard InChI is InChI=1S/C21H13ClF2N2O2S/c1-11-4-5-12(22)9-15(11)25-19-18(17-3-2-8-29-17)20(27)26(21(19)28)16-7-6-13(23)10-14(16)24/h2-10,25H,1H3. The van der Waals surface area contributed by atoms with Crippen LogP contribution in [0.25, 0.3) is 5.57 Å². The van der Waals surface area contributed by atoms with Crippen molar-refractivity contribution in [2.24, 2.45) is 0 Å². The van der Waals surface area contributed by atoms with Gasteiger partial charge in [0, 0.05) is 21.7 Å². The third-order valence-electron chi connectivity index (χ3n) is 4.46. The smallest absolute Gasteiger partial charge is 0.282 e. The third kappa shape index (κ3) is 3.43. The molecule has 0 aliphatic carbocycles. The van der Waals surface area contributed by atoms with Crippen LogP contribution in [0.15, 0.2) is 59.6 Å². The number of hydrogen-bond acceptors (Lipinski definition) is 4. The van der Waals surface area contributed by atoms with Crippen molar-refractivity contribution in [3.05, 3.63) is 86.7 Å². The van der Waals surface area contributed by atoms with Gasteiger partial charge in [0.05, 0.1) is 11.3 Å². The molecular weight excluding hydrogens is 418 g/mol. The fourth-order valence-electron chi connectivity index (χ4n) is 3.04. The van der Waals surface area contributed by atoms with Gasteiger partial charge in [-0.2, -0.15) is 0 Å². The van der Waals surface area contributed by atoms with Crippen LogP contribution in [0, 0.1) is 18.6 Å². The molecule has 0 atom stereocenters. The summed E-state index contributed by atoms with van der Waals surface area (Å²) in [5, 5.41) is 5.21. The summed E-state index contributed by atoms with van der Waals surface area (Å²) in [4.78, 5) is 27.6. The second-order valence-corrected chi connectivity index (χ2v) is 7.74. The van der Waals surface area contributed by atoms with E-state index in [0.29, 0.717) is 26.6 Å². The van der Waals surface area contributed by atoms with E-state index in [9.17, 15) is 18.4 Å². The Hall–Kier alpha value is -3.03. The number of amides is 2. The average molecular weight is 431 g/mol. The number of thiophene rings is 1. The fourth-order valence-corrected chi connectivity index (χ4v) is 3.98. The normalized spacial score (nSPS) is 14.1. The number of carbonyl (C=O) groups is 2. The molecule has 0 saturated carbocycles. The number of carbonyl (C=O) groups excluding carboxylic acids is 2. The second kappa shape index (κ2) is 7.42. The molecule has 4 rings (SSSR count). The summed E-state index contributed by atoms with van der Waals surface area (Å²) in [7, 11) is 0. The molecule has 0 spiro atoms. The van der Waals surface area contributed by atoms with E-state index in [2.05, 4.69) is 5.32 Å². The second-order valence-electron chi connectivity index (χ2n) is 6.35. The zero-order valence-electron chi connectivity index (χ0n) is 15.0. The lowest BCUT2D eigenvalue weighted by molar-refractivity contribution is -0.120. The highest BCUT2D eigenvalue weighted by Gasteiger charge is 2.41. The molecule has 146 valence electrons. The summed E-state index contributed by atoms with van der Waals surface area (Å²) < 4.78 is 27.7. The monoisotopic (exact) mass is 430 g/mol. The lowest BCUT2D eigenvalue weighted by Gasteiger charge is -2.16. The maximum Gasteiger partial charge on any atom is 0.282 e. The van der Waals surface area contributed by atoms with Crippen molar-refractivity contribution in [3.8, 4) is 0 Å². The maximum atomic E-state index is 14.3. The van der Waals surface area contributed by atoms with E-state index in [4.69, 9.17) is 11.6 Å². The van der Waals surface area contributed by atoms with Crippen LogP contribution >= 0.6 is 22.9 Å². The van der Waals surface area contributed by atoms with Gasteiger partial charge in [0.15, 0.2) is 0 Å². The van der Waals surface area contributed by atoms with Gasteiger partial charge in [0.25, 0.3) is 11.8 Å². The van der Waals surface area contributed by atoms with E-state index in [-0.39, 0.29) is 17.0 Å². The van der Waals surface area contributed by atoms with Gasteiger partial charge in [-0.15, -0.1) is 11.3 Å². The number of nitrogens with one attached hydrogen (secondary N) is 1. The first-order valence-corrected chi connectivity index (χ1v) is 9.77. The molecule has 2 heterocycles. The van der Waals surface area contributed by atoms with Gasteiger partial charge >= 0.3 is 0 Å². The first-order chi connectivity index (χ1) is 13.9. The maximum absolute atomic E-state index is 14.3. The Labute approximate surface area is 174 Å². The number of hydrogen-bond donors (Lipinski definition) is 1. The SMILES string of the molecule is Cc1ccc(Cl)cc1NC1=C(c2cccs2)C(=O)N(c2ccc(F)cc2F)C1=O. The molecule has 29 heavy (non-hydrogen) atoms. The molecule has 0 unspecified atom stereocenters. The van der Waals surface area contributed by atoms with Crippen LogP contribution in [0.4, 0.5) is 20.2 Å². The quantitative estimate of drug-likeness (QED) is 0.565. The van der Waals surface area contributed by atoms with Crippen molar-refractivity contribution in [1.29, 1.82) is 0 Å². The minimum absolute atomic E-state index is 0.00606. The Morgan fingerprint density at radius 1 is 1.03 bits per heavy atom. The Kier molecular flexibility index (Phi) is 4.94. The fraction of sp³-hybridized carbons (Fsp3) is 0.0476. The molecule has 0 bridgehead atoms. The molecule has 8 heteroatoms. The van der Waals surface area contributed by atoms with E-state index >= 15 is 0 Å². The Morgan fingerprint density at radius 3 is 2.52 bits per heavy atom. The lowest BCUT2D eigenvalue weighted by atomic mass is 10.1. The number of benzene rings is 2. The van der Waals surface area contributed by atoms with Crippen LogP contribution in [0.1, 0.15) is 10.4 Å². The molecule has 1 aliphatic rings. The highest BCUT2D eigenvalue weighted by atomic mass is 35.5. The summed E-state index contributed by atoms with van der Waals surface area (Å²) in [6.45, 7) is 1.82. The Balaban J connectivity index is 1.84. The molecule has 1 N–H and O–H groups in total. The van der Waals surface area contributed by atoms with Gasteiger partial charge in [-0.05, 0) is 48.2 Å². The van der Waals surface area contributed by atoms with Crippen molar-refractivity contribution >= 4 is 51.7 Å². The van der Waals surface area contributed by atoms with E-state index < -0.39 is 23.4 Å². The van der Waals surface area contributed by atoms with Crippen LogP contribution in [0.3, 0.4) is 0 Å². The molecule has 1 aromatic heterocycles. The number of aryl methyl sites for hydroxylation is 1. The average Bonchev–Trinajstić information content (AvgIpc) is 3.27. The molecule has 0 saturated heterocycles. The molecule has 3 aromatic rings. The van der Waals surface area contributed by atoms with Crippen molar-refractivity contribution in [1.82, 2.24) is 0 Å². The van der Waals surface area contributed by atoms with Crippen molar-refractivity contribution in [2.75, 3.05) is 10.2 Å². The zero-order chi connectivity index (χ0) is 20.7.